The molecule has 0 spiro atoms. The SMILES string of the molecule is Cc1ccc(C(=O)NC[C@@H](c2ccccc2Cl)N(C)C)cc1S(=O)(=O)N1CCCCC1. The molecule has 1 N–H and O–H groups in total. The highest BCUT2D eigenvalue weighted by molar-refractivity contribution is 7.89. The Bertz CT molecular complexity index is 1030. The van der Waals surface area contributed by atoms with E-state index in [0.29, 0.717) is 35.8 Å². The first-order valence-electron chi connectivity index (χ1n) is 10.5. The van der Waals surface area contributed by atoms with Gasteiger partial charge in [0.2, 0.25) is 10.0 Å². The number of carbonyl (C=O) groups excluding carboxylic acids is 1. The molecule has 1 aliphatic rings. The van der Waals surface area contributed by atoms with Crippen LogP contribution < -0.4 is 5.32 Å². The molecule has 1 amide bonds. The monoisotopic (exact) mass is 463 g/mol. The first-order valence-corrected chi connectivity index (χ1v) is 12.3. The smallest absolute Gasteiger partial charge is 0.251 e. The van der Waals surface area contributed by atoms with E-state index in [2.05, 4.69) is 5.32 Å². The van der Waals surface area contributed by atoms with Gasteiger partial charge in [-0.05, 0) is 63.2 Å². The highest BCUT2D eigenvalue weighted by Gasteiger charge is 2.28. The fourth-order valence-corrected chi connectivity index (χ4v) is 5.90. The summed E-state index contributed by atoms with van der Waals surface area (Å²) in [5, 5.41) is 3.58. The van der Waals surface area contributed by atoms with Gasteiger partial charge in [0.15, 0.2) is 0 Å². The molecule has 0 aromatic heterocycles. The van der Waals surface area contributed by atoms with Crippen LogP contribution >= 0.6 is 11.6 Å². The van der Waals surface area contributed by atoms with Crippen molar-refractivity contribution in [3.05, 3.63) is 64.2 Å². The van der Waals surface area contributed by atoms with Crippen LogP contribution in [-0.4, -0.2) is 57.3 Å². The molecule has 1 fully saturated rings. The molecule has 0 bridgehead atoms. The Morgan fingerprint density at radius 3 is 2.45 bits per heavy atom. The van der Waals surface area contributed by atoms with Crippen molar-refractivity contribution in [2.45, 2.75) is 37.1 Å². The zero-order chi connectivity index (χ0) is 22.6. The van der Waals surface area contributed by atoms with Crippen molar-refractivity contribution in [2.24, 2.45) is 0 Å². The molecule has 8 heteroatoms. The fraction of sp³-hybridized carbons (Fsp3) is 0.435. The minimum atomic E-state index is -3.61. The second-order valence-corrected chi connectivity index (χ2v) is 10.5. The van der Waals surface area contributed by atoms with E-state index in [1.54, 1.807) is 19.1 Å². The standard InChI is InChI=1S/C23H30ClN3O3S/c1-17-11-12-18(15-22(17)31(29,30)27-13-7-4-8-14-27)23(28)25-16-21(26(2)3)19-9-5-6-10-20(19)24/h5-6,9-12,15,21H,4,7-8,13-14,16H2,1-3H3,(H,25,28)/t21-/m0/s1. The second-order valence-electron chi connectivity index (χ2n) is 8.16. The molecular weight excluding hydrogens is 434 g/mol. The molecule has 6 nitrogen and oxygen atoms in total. The summed E-state index contributed by atoms with van der Waals surface area (Å²) in [6.07, 6.45) is 2.78. The normalized spacial score (nSPS) is 16.3. The number of nitrogens with zero attached hydrogens (tertiary/aromatic N) is 2. The van der Waals surface area contributed by atoms with Crippen LogP contribution in [-0.2, 0) is 10.0 Å². The molecule has 1 saturated heterocycles. The molecule has 2 aromatic rings. The Morgan fingerprint density at radius 1 is 1.13 bits per heavy atom. The lowest BCUT2D eigenvalue weighted by Crippen LogP contribution is -2.36. The lowest BCUT2D eigenvalue weighted by molar-refractivity contribution is 0.0941. The van der Waals surface area contributed by atoms with Crippen molar-refractivity contribution < 1.29 is 13.2 Å². The second kappa shape index (κ2) is 10.1. The van der Waals surface area contributed by atoms with E-state index in [1.807, 2.05) is 43.3 Å². The van der Waals surface area contributed by atoms with E-state index < -0.39 is 10.0 Å². The minimum Gasteiger partial charge on any atom is -0.350 e. The summed E-state index contributed by atoms with van der Waals surface area (Å²) < 4.78 is 27.8. The predicted octanol–water partition coefficient (Wildman–Crippen LogP) is 3.86. The summed E-state index contributed by atoms with van der Waals surface area (Å²) in [7, 11) is 0.237. The van der Waals surface area contributed by atoms with Gasteiger partial charge in [0.1, 0.15) is 0 Å². The molecule has 1 aliphatic heterocycles. The number of halogens is 1. The summed E-state index contributed by atoms with van der Waals surface area (Å²) in [6.45, 7) is 3.16. The maximum absolute atomic E-state index is 13.1. The van der Waals surface area contributed by atoms with Gasteiger partial charge in [0, 0.05) is 30.2 Å². The maximum Gasteiger partial charge on any atom is 0.251 e. The topological polar surface area (TPSA) is 69.7 Å². The summed E-state index contributed by atoms with van der Waals surface area (Å²) in [5.74, 6) is -0.311. The van der Waals surface area contributed by atoms with E-state index in [0.717, 1.165) is 24.8 Å². The predicted molar refractivity (Wildman–Crippen MR) is 124 cm³/mol. The summed E-state index contributed by atoms with van der Waals surface area (Å²) in [6, 6.07) is 12.3. The average molecular weight is 464 g/mol. The summed E-state index contributed by atoms with van der Waals surface area (Å²) in [5.41, 5.74) is 1.90. The first kappa shape index (κ1) is 23.7. The summed E-state index contributed by atoms with van der Waals surface area (Å²) >= 11 is 6.35. The van der Waals surface area contributed by atoms with Gasteiger partial charge in [0.25, 0.3) is 5.91 Å². The Kier molecular flexibility index (Phi) is 7.75. The third-order valence-corrected chi connectivity index (χ3v) is 8.11. The van der Waals surface area contributed by atoms with Crippen molar-refractivity contribution >= 4 is 27.5 Å². The number of benzene rings is 2. The Balaban J connectivity index is 1.79. The number of hydrogen-bond acceptors (Lipinski definition) is 4. The molecular formula is C23H30ClN3O3S. The number of amides is 1. The fourth-order valence-electron chi connectivity index (χ4n) is 3.87. The van der Waals surface area contributed by atoms with Crippen molar-refractivity contribution in [2.75, 3.05) is 33.7 Å². The van der Waals surface area contributed by atoms with Gasteiger partial charge in [-0.25, -0.2) is 8.42 Å². The average Bonchev–Trinajstić information content (AvgIpc) is 2.75. The largest absolute Gasteiger partial charge is 0.350 e. The van der Waals surface area contributed by atoms with Crippen molar-refractivity contribution in [3.8, 4) is 0 Å². The van der Waals surface area contributed by atoms with Gasteiger partial charge >= 0.3 is 0 Å². The minimum absolute atomic E-state index is 0.111. The van der Waals surface area contributed by atoms with Gasteiger partial charge in [-0.2, -0.15) is 4.31 Å². The Morgan fingerprint density at radius 2 is 1.81 bits per heavy atom. The quantitative estimate of drug-likeness (QED) is 0.677. The molecule has 168 valence electrons. The molecule has 1 atom stereocenters. The van der Waals surface area contributed by atoms with E-state index in [9.17, 15) is 13.2 Å². The molecule has 1 heterocycles. The lowest BCUT2D eigenvalue weighted by Gasteiger charge is -2.27. The van der Waals surface area contributed by atoms with Crippen LogP contribution in [0.4, 0.5) is 0 Å². The number of rotatable bonds is 7. The van der Waals surface area contributed by atoms with Crippen LogP contribution in [0.25, 0.3) is 0 Å². The third kappa shape index (κ3) is 5.47. The van der Waals surface area contributed by atoms with Crippen LogP contribution in [0, 0.1) is 6.92 Å². The van der Waals surface area contributed by atoms with Crippen molar-refractivity contribution in [1.29, 1.82) is 0 Å². The van der Waals surface area contributed by atoms with Crippen LogP contribution in [0.15, 0.2) is 47.4 Å². The zero-order valence-electron chi connectivity index (χ0n) is 18.3. The molecule has 0 unspecified atom stereocenters. The van der Waals surface area contributed by atoms with E-state index in [-0.39, 0.29) is 16.8 Å². The van der Waals surface area contributed by atoms with Gasteiger partial charge in [0.05, 0.1) is 10.9 Å². The van der Waals surface area contributed by atoms with Crippen molar-refractivity contribution in [1.82, 2.24) is 14.5 Å². The molecule has 0 saturated carbocycles. The van der Waals surface area contributed by atoms with E-state index >= 15 is 0 Å². The van der Waals surface area contributed by atoms with Crippen LogP contribution in [0.3, 0.4) is 0 Å². The highest BCUT2D eigenvalue weighted by atomic mass is 35.5. The van der Waals surface area contributed by atoms with E-state index in [1.165, 1.54) is 10.4 Å². The molecule has 31 heavy (non-hydrogen) atoms. The van der Waals surface area contributed by atoms with Crippen LogP contribution in [0.1, 0.15) is 46.8 Å². The molecule has 3 rings (SSSR count). The molecule has 0 aliphatic carbocycles. The van der Waals surface area contributed by atoms with Gasteiger partial charge in [-0.3, -0.25) is 4.79 Å². The van der Waals surface area contributed by atoms with E-state index in [4.69, 9.17) is 11.6 Å². The Labute approximate surface area is 190 Å². The van der Waals surface area contributed by atoms with Gasteiger partial charge < -0.3 is 10.2 Å². The van der Waals surface area contributed by atoms with Crippen LogP contribution in [0.5, 0.6) is 0 Å². The summed E-state index contributed by atoms with van der Waals surface area (Å²) in [4.78, 5) is 15.1. The first-order chi connectivity index (χ1) is 14.7. The number of piperidine rings is 1. The number of nitrogens with one attached hydrogen (secondary N) is 1. The van der Waals surface area contributed by atoms with Gasteiger partial charge in [-0.15, -0.1) is 0 Å². The molecule has 2 aromatic carbocycles. The Hall–Kier alpha value is -1.93. The van der Waals surface area contributed by atoms with Gasteiger partial charge in [-0.1, -0.05) is 42.3 Å². The van der Waals surface area contributed by atoms with Crippen molar-refractivity contribution in [3.63, 3.8) is 0 Å². The third-order valence-electron chi connectivity index (χ3n) is 5.73. The molecule has 0 radical (unpaired) electrons. The lowest BCUT2D eigenvalue weighted by atomic mass is 10.1. The number of aryl methyl sites for hydroxylation is 1. The van der Waals surface area contributed by atoms with Crippen LogP contribution in [0.2, 0.25) is 5.02 Å². The number of likely N-dealkylation sites (N-methyl/N-ethyl adjacent to an activating group) is 1. The zero-order valence-corrected chi connectivity index (χ0v) is 19.8. The number of sulfonamides is 1. The number of hydrogen-bond donors (Lipinski definition) is 1. The highest BCUT2D eigenvalue weighted by Crippen LogP contribution is 2.26. The maximum atomic E-state index is 13.1. The number of carbonyl (C=O) groups is 1.